The van der Waals surface area contributed by atoms with Crippen LogP contribution in [-0.4, -0.2) is 58.5 Å². The van der Waals surface area contributed by atoms with Crippen LogP contribution in [0.5, 0.6) is 5.75 Å². The molecule has 0 amide bonds. The fourth-order valence-corrected chi connectivity index (χ4v) is 5.22. The molecular formula is C25H25ClF4N6O2. The minimum absolute atomic E-state index is 0.0282. The average molecular weight is 553 g/mol. The number of alkyl halides is 4. The molecule has 3 aliphatic rings. The molecule has 8 nitrogen and oxygen atoms in total. The molecule has 1 saturated heterocycles. The van der Waals surface area contributed by atoms with Crippen molar-refractivity contribution in [3.63, 3.8) is 0 Å². The van der Waals surface area contributed by atoms with Gasteiger partial charge in [0.15, 0.2) is 12.4 Å². The summed E-state index contributed by atoms with van der Waals surface area (Å²) >= 11 is 6.33. The molecule has 2 aromatic heterocycles. The highest BCUT2D eigenvalue weighted by atomic mass is 35.5. The summed E-state index contributed by atoms with van der Waals surface area (Å²) in [7, 11) is 1.55. The monoisotopic (exact) mass is 552 g/mol. The van der Waals surface area contributed by atoms with Crippen molar-refractivity contribution in [2.45, 2.75) is 43.6 Å². The maximum Gasteiger partial charge on any atom is 0.301 e. The van der Waals surface area contributed by atoms with Gasteiger partial charge in [0.2, 0.25) is 11.7 Å². The van der Waals surface area contributed by atoms with Crippen molar-refractivity contribution in [1.82, 2.24) is 14.5 Å². The predicted molar refractivity (Wildman–Crippen MR) is 137 cm³/mol. The maximum atomic E-state index is 14.9. The van der Waals surface area contributed by atoms with Crippen LogP contribution >= 0.6 is 11.6 Å². The van der Waals surface area contributed by atoms with Crippen molar-refractivity contribution in [2.75, 3.05) is 35.2 Å². The first-order valence-corrected chi connectivity index (χ1v) is 12.8. The third-order valence-corrected chi connectivity index (χ3v) is 7.63. The minimum Gasteiger partial charge on any atom is -0.480 e. The second-order valence-corrected chi connectivity index (χ2v) is 10.5. The van der Waals surface area contributed by atoms with Crippen LogP contribution in [0.25, 0.3) is 10.9 Å². The van der Waals surface area contributed by atoms with E-state index >= 15 is 0 Å². The van der Waals surface area contributed by atoms with Crippen LogP contribution in [0.3, 0.4) is 0 Å². The molecule has 202 valence electrons. The Balaban J connectivity index is 1.37. The maximum absolute atomic E-state index is 14.9. The van der Waals surface area contributed by atoms with Gasteiger partial charge in [0.25, 0.3) is 5.56 Å². The molecule has 38 heavy (non-hydrogen) atoms. The summed E-state index contributed by atoms with van der Waals surface area (Å²) < 4.78 is 64.0. The summed E-state index contributed by atoms with van der Waals surface area (Å²) in [4.78, 5) is 23.1. The van der Waals surface area contributed by atoms with Gasteiger partial charge >= 0.3 is 5.92 Å². The van der Waals surface area contributed by atoms with E-state index in [9.17, 15) is 22.4 Å². The standard InChI is InChI=1S/C25H25ClF4N6O2/c1-35-18-5-4-13(32-22-15(26)9-31-24(34-22)36-7-6-16(27)17(28)10-36)8-14(18)19-20(23(35)37)38-11-25(29,30)21(33-19)12-2-3-12/h4-5,8-9,12,16-17,21,33H,2-3,6-7,10-11H2,1H3,(H,31,32,34)/t16-,17+,21-/m0/s1. The molecule has 6 rings (SSSR count). The Hall–Kier alpha value is -3.28. The largest absolute Gasteiger partial charge is 0.480 e. The number of nitrogens with zero attached hydrogens (tertiary/aromatic N) is 4. The van der Waals surface area contributed by atoms with E-state index in [-0.39, 0.29) is 53.7 Å². The summed E-state index contributed by atoms with van der Waals surface area (Å²) in [5.74, 6) is -3.07. The second-order valence-electron chi connectivity index (χ2n) is 10.1. The lowest BCUT2D eigenvalue weighted by atomic mass is 10.0. The van der Waals surface area contributed by atoms with Crippen LogP contribution in [0.1, 0.15) is 19.3 Å². The van der Waals surface area contributed by atoms with E-state index in [1.807, 2.05) is 0 Å². The van der Waals surface area contributed by atoms with E-state index in [1.54, 1.807) is 30.1 Å². The molecule has 3 aromatic rings. The molecule has 1 aromatic carbocycles. The van der Waals surface area contributed by atoms with Crippen molar-refractivity contribution in [3.8, 4) is 5.75 Å². The van der Waals surface area contributed by atoms with Crippen LogP contribution in [0.4, 0.5) is 40.7 Å². The lowest BCUT2D eigenvalue weighted by Crippen LogP contribution is -2.44. The second kappa shape index (κ2) is 9.18. The first-order chi connectivity index (χ1) is 18.1. The van der Waals surface area contributed by atoms with E-state index < -0.39 is 36.5 Å². The number of aryl methyl sites for hydroxylation is 1. The Kier molecular flexibility index (Phi) is 6.04. The van der Waals surface area contributed by atoms with Gasteiger partial charge in [-0.15, -0.1) is 0 Å². The number of piperidine rings is 1. The SMILES string of the molecule is Cn1c(=O)c2c(c3cc(Nc4nc(N5CC[C@H](F)[C@H](F)C5)ncc4Cl)ccc31)N[C@@H](C1CC1)C(F)(F)CO2. The zero-order valence-corrected chi connectivity index (χ0v) is 21.1. The number of halogens is 5. The summed E-state index contributed by atoms with van der Waals surface area (Å²) in [6.07, 6.45) is -0.395. The van der Waals surface area contributed by atoms with E-state index in [2.05, 4.69) is 20.6 Å². The van der Waals surface area contributed by atoms with Crippen LogP contribution in [0.15, 0.2) is 29.2 Å². The molecule has 13 heteroatoms. The molecule has 2 aliphatic heterocycles. The van der Waals surface area contributed by atoms with Gasteiger partial charge in [0, 0.05) is 24.7 Å². The highest BCUT2D eigenvalue weighted by molar-refractivity contribution is 6.32. The molecule has 1 saturated carbocycles. The van der Waals surface area contributed by atoms with E-state index in [4.69, 9.17) is 16.3 Å². The molecular weight excluding hydrogens is 528 g/mol. The van der Waals surface area contributed by atoms with Crippen molar-refractivity contribution in [2.24, 2.45) is 13.0 Å². The molecule has 0 radical (unpaired) electrons. The number of hydrogen-bond acceptors (Lipinski definition) is 7. The molecule has 0 unspecified atom stereocenters. The Morgan fingerprint density at radius 2 is 2.00 bits per heavy atom. The van der Waals surface area contributed by atoms with Gasteiger partial charge in [-0.25, -0.2) is 22.5 Å². The Morgan fingerprint density at radius 3 is 2.74 bits per heavy atom. The van der Waals surface area contributed by atoms with E-state index in [1.165, 1.54) is 10.8 Å². The third-order valence-electron chi connectivity index (χ3n) is 7.35. The zero-order valence-electron chi connectivity index (χ0n) is 20.4. The number of rotatable bonds is 4. The number of hydrogen-bond donors (Lipinski definition) is 2. The van der Waals surface area contributed by atoms with Crippen molar-refractivity contribution in [3.05, 3.63) is 39.8 Å². The number of aromatic nitrogens is 3. The normalized spacial score (nSPS) is 24.8. The van der Waals surface area contributed by atoms with Gasteiger partial charge in [-0.1, -0.05) is 11.6 Å². The fourth-order valence-electron chi connectivity index (χ4n) is 5.08. The minimum atomic E-state index is -3.15. The van der Waals surface area contributed by atoms with Crippen molar-refractivity contribution in [1.29, 1.82) is 0 Å². The topological polar surface area (TPSA) is 84.3 Å². The molecule has 3 atom stereocenters. The van der Waals surface area contributed by atoms with E-state index in [0.717, 1.165) is 0 Å². The highest BCUT2D eigenvalue weighted by Gasteiger charge is 2.51. The van der Waals surface area contributed by atoms with E-state index in [0.29, 0.717) is 29.4 Å². The molecule has 0 bridgehead atoms. The number of nitrogens with one attached hydrogen (secondary N) is 2. The lowest BCUT2D eigenvalue weighted by molar-refractivity contribution is -0.0579. The number of pyridine rings is 1. The van der Waals surface area contributed by atoms with Gasteiger partial charge in [-0.3, -0.25) is 4.79 Å². The Labute approximate surface area is 220 Å². The van der Waals surface area contributed by atoms with Crippen LogP contribution < -0.4 is 25.8 Å². The lowest BCUT2D eigenvalue weighted by Gasteiger charge is -2.31. The van der Waals surface area contributed by atoms with Gasteiger partial charge in [0.1, 0.15) is 17.4 Å². The molecule has 2 fully saturated rings. The van der Waals surface area contributed by atoms with Gasteiger partial charge in [0.05, 0.1) is 30.0 Å². The van der Waals surface area contributed by atoms with Gasteiger partial charge < -0.3 is 24.8 Å². The number of ether oxygens (including phenoxy) is 1. The quantitative estimate of drug-likeness (QED) is 0.449. The Morgan fingerprint density at radius 1 is 1.21 bits per heavy atom. The van der Waals surface area contributed by atoms with Crippen LogP contribution in [0.2, 0.25) is 5.02 Å². The van der Waals surface area contributed by atoms with Gasteiger partial charge in [-0.05, 0) is 43.4 Å². The first kappa shape index (κ1) is 25.0. The smallest absolute Gasteiger partial charge is 0.301 e. The number of fused-ring (bicyclic) bond motifs is 3. The van der Waals surface area contributed by atoms with Gasteiger partial charge in [-0.2, -0.15) is 4.98 Å². The molecule has 2 N–H and O–H groups in total. The van der Waals surface area contributed by atoms with Crippen molar-refractivity contribution < 1.29 is 22.3 Å². The molecule has 1 aliphatic carbocycles. The summed E-state index contributed by atoms with van der Waals surface area (Å²) in [6.45, 7) is -0.792. The van der Waals surface area contributed by atoms with Crippen LogP contribution in [0, 0.1) is 5.92 Å². The third kappa shape index (κ3) is 4.38. The number of anilines is 4. The first-order valence-electron chi connectivity index (χ1n) is 12.4. The molecule has 0 spiro atoms. The molecule has 4 heterocycles. The van der Waals surface area contributed by atoms with Crippen molar-refractivity contribution >= 4 is 45.6 Å². The fraction of sp³-hybridized carbons (Fsp3) is 0.480. The zero-order chi connectivity index (χ0) is 26.8. The summed E-state index contributed by atoms with van der Waals surface area (Å²) in [6, 6.07) is 3.93. The average Bonchev–Trinajstić information content (AvgIpc) is 3.73. The summed E-state index contributed by atoms with van der Waals surface area (Å²) in [5.41, 5.74) is 0.738. The Bertz CT molecular complexity index is 1470. The van der Waals surface area contributed by atoms with Crippen LogP contribution in [-0.2, 0) is 7.05 Å². The summed E-state index contributed by atoms with van der Waals surface area (Å²) in [5, 5.41) is 6.75. The predicted octanol–water partition coefficient (Wildman–Crippen LogP) is 4.83. The number of benzene rings is 1. The highest BCUT2D eigenvalue weighted by Crippen LogP contribution is 2.45.